The minimum absolute atomic E-state index is 0.0123. The van der Waals surface area contributed by atoms with Crippen molar-refractivity contribution in [2.75, 3.05) is 0 Å². The minimum Gasteiger partial charge on any atom is -0.294 e. The van der Waals surface area contributed by atoms with Crippen molar-refractivity contribution >= 4 is 5.78 Å². The maximum atomic E-state index is 12.1. The van der Waals surface area contributed by atoms with Crippen LogP contribution in [-0.2, 0) is 5.41 Å². The highest BCUT2D eigenvalue weighted by Gasteiger charge is 2.35. The molecule has 2 aromatic carbocycles. The summed E-state index contributed by atoms with van der Waals surface area (Å²) < 4.78 is 0. The van der Waals surface area contributed by atoms with Crippen molar-refractivity contribution in [3.63, 3.8) is 0 Å². The van der Waals surface area contributed by atoms with E-state index in [0.717, 1.165) is 16.7 Å². The molecular formula is C17H16O. The first-order chi connectivity index (χ1) is 8.58. The number of hydrogen-bond acceptors (Lipinski definition) is 1. The monoisotopic (exact) mass is 236 g/mol. The molecule has 1 aliphatic rings. The lowest BCUT2D eigenvalue weighted by Crippen LogP contribution is -2.12. The lowest BCUT2D eigenvalue weighted by molar-refractivity contribution is 0.0979. The van der Waals surface area contributed by atoms with Crippen LogP contribution >= 0.6 is 0 Å². The van der Waals surface area contributed by atoms with Gasteiger partial charge in [-0.3, -0.25) is 4.79 Å². The van der Waals surface area contributed by atoms with Crippen LogP contribution in [-0.4, -0.2) is 5.78 Å². The molecule has 90 valence electrons. The molecule has 0 saturated carbocycles. The molecule has 2 aromatic rings. The number of carbonyl (C=O) groups excluding carboxylic acids is 1. The Morgan fingerprint density at radius 1 is 0.944 bits per heavy atom. The van der Waals surface area contributed by atoms with Crippen molar-refractivity contribution in [1.82, 2.24) is 0 Å². The molecule has 18 heavy (non-hydrogen) atoms. The lowest BCUT2D eigenvalue weighted by atomic mass is 9.86. The molecule has 0 saturated heterocycles. The predicted molar refractivity (Wildman–Crippen MR) is 73.9 cm³/mol. The van der Waals surface area contributed by atoms with Crippen LogP contribution in [0.1, 0.15) is 36.2 Å². The van der Waals surface area contributed by atoms with Crippen molar-refractivity contribution in [3.05, 3.63) is 59.7 Å². The molecule has 0 N–H and O–H groups in total. The van der Waals surface area contributed by atoms with Gasteiger partial charge in [0.1, 0.15) is 0 Å². The molecular weight excluding hydrogens is 220 g/mol. The summed E-state index contributed by atoms with van der Waals surface area (Å²) in [5.41, 5.74) is 4.37. The number of ketones is 1. The summed E-state index contributed by atoms with van der Waals surface area (Å²) in [6, 6.07) is 16.5. The Morgan fingerprint density at radius 2 is 1.67 bits per heavy atom. The van der Waals surface area contributed by atoms with Gasteiger partial charge in [-0.15, -0.1) is 0 Å². The van der Waals surface area contributed by atoms with Crippen LogP contribution in [0.3, 0.4) is 0 Å². The van der Waals surface area contributed by atoms with Crippen molar-refractivity contribution in [2.45, 2.75) is 25.7 Å². The molecule has 0 unspecified atom stereocenters. The Labute approximate surface area is 107 Å². The van der Waals surface area contributed by atoms with Crippen molar-refractivity contribution in [2.24, 2.45) is 0 Å². The van der Waals surface area contributed by atoms with E-state index >= 15 is 0 Å². The number of carbonyl (C=O) groups is 1. The molecule has 1 aliphatic carbocycles. The zero-order valence-corrected chi connectivity index (χ0v) is 10.7. The molecule has 0 radical (unpaired) electrons. The van der Waals surface area contributed by atoms with Gasteiger partial charge in [-0.2, -0.15) is 0 Å². The normalized spacial score (nSPS) is 16.7. The summed E-state index contributed by atoms with van der Waals surface area (Å²) in [6.07, 6.45) is 0.626. The smallest absolute Gasteiger partial charge is 0.164 e. The lowest BCUT2D eigenvalue weighted by Gasteiger charge is -2.17. The highest BCUT2D eigenvalue weighted by Crippen LogP contribution is 2.39. The summed E-state index contributed by atoms with van der Waals surface area (Å²) in [7, 11) is 0. The molecule has 0 heterocycles. The fourth-order valence-corrected chi connectivity index (χ4v) is 2.77. The van der Waals surface area contributed by atoms with E-state index in [1.54, 1.807) is 0 Å². The topological polar surface area (TPSA) is 17.1 Å². The van der Waals surface area contributed by atoms with Gasteiger partial charge < -0.3 is 0 Å². The second-order valence-electron chi connectivity index (χ2n) is 5.61. The maximum Gasteiger partial charge on any atom is 0.164 e. The summed E-state index contributed by atoms with van der Waals surface area (Å²) in [4.78, 5) is 12.1. The standard InChI is InChI=1S/C17H16O/c1-17(2)11-16(18)14-10-13(8-9-15(14)17)12-6-4-3-5-7-12/h3-10H,11H2,1-2H3. The fourth-order valence-electron chi connectivity index (χ4n) is 2.77. The molecule has 0 aliphatic heterocycles. The summed E-state index contributed by atoms with van der Waals surface area (Å²) in [5.74, 6) is 0.271. The van der Waals surface area contributed by atoms with Gasteiger partial charge in [0.05, 0.1) is 0 Å². The highest BCUT2D eigenvalue weighted by molar-refractivity contribution is 6.03. The number of benzene rings is 2. The molecule has 1 nitrogen and oxygen atoms in total. The number of rotatable bonds is 1. The molecule has 0 atom stereocenters. The van der Waals surface area contributed by atoms with E-state index < -0.39 is 0 Å². The molecule has 1 heteroatoms. The number of fused-ring (bicyclic) bond motifs is 1. The Morgan fingerprint density at radius 3 is 2.39 bits per heavy atom. The van der Waals surface area contributed by atoms with E-state index in [4.69, 9.17) is 0 Å². The third kappa shape index (κ3) is 1.67. The van der Waals surface area contributed by atoms with Gasteiger partial charge in [0.2, 0.25) is 0 Å². The number of Topliss-reactive ketones (excluding diaryl/α,β-unsaturated/α-hetero) is 1. The highest BCUT2D eigenvalue weighted by atomic mass is 16.1. The first-order valence-electron chi connectivity index (χ1n) is 6.31. The Balaban J connectivity index is 2.14. The van der Waals surface area contributed by atoms with E-state index in [2.05, 4.69) is 38.1 Å². The van der Waals surface area contributed by atoms with Gasteiger partial charge in [0.25, 0.3) is 0 Å². The van der Waals surface area contributed by atoms with Crippen LogP contribution in [0.5, 0.6) is 0 Å². The van der Waals surface area contributed by atoms with Crippen LogP contribution in [0.25, 0.3) is 11.1 Å². The average molecular weight is 236 g/mol. The molecule has 0 aromatic heterocycles. The van der Waals surface area contributed by atoms with E-state index in [1.165, 1.54) is 5.56 Å². The summed E-state index contributed by atoms with van der Waals surface area (Å²) in [5, 5.41) is 0. The third-order valence-electron chi connectivity index (χ3n) is 3.76. The maximum absolute atomic E-state index is 12.1. The number of hydrogen-bond donors (Lipinski definition) is 0. The van der Waals surface area contributed by atoms with Gasteiger partial charge in [0, 0.05) is 12.0 Å². The Bertz CT molecular complexity index is 609. The molecule has 0 fully saturated rings. The van der Waals surface area contributed by atoms with Crippen molar-refractivity contribution < 1.29 is 4.79 Å². The Kier molecular flexibility index (Phi) is 2.37. The van der Waals surface area contributed by atoms with E-state index in [-0.39, 0.29) is 11.2 Å². The first kappa shape index (κ1) is 11.2. The van der Waals surface area contributed by atoms with Gasteiger partial charge in [0.15, 0.2) is 5.78 Å². The van der Waals surface area contributed by atoms with Gasteiger partial charge in [-0.1, -0.05) is 56.3 Å². The molecule has 0 amide bonds. The largest absolute Gasteiger partial charge is 0.294 e. The van der Waals surface area contributed by atoms with Gasteiger partial charge in [-0.25, -0.2) is 0 Å². The second-order valence-corrected chi connectivity index (χ2v) is 5.61. The van der Waals surface area contributed by atoms with Gasteiger partial charge in [-0.05, 0) is 28.2 Å². The first-order valence-corrected chi connectivity index (χ1v) is 6.31. The summed E-state index contributed by atoms with van der Waals surface area (Å²) in [6.45, 7) is 4.28. The van der Waals surface area contributed by atoms with Crippen LogP contribution in [0.2, 0.25) is 0 Å². The van der Waals surface area contributed by atoms with Crippen molar-refractivity contribution in [3.8, 4) is 11.1 Å². The van der Waals surface area contributed by atoms with Crippen LogP contribution in [0.4, 0.5) is 0 Å². The van der Waals surface area contributed by atoms with Crippen LogP contribution in [0, 0.1) is 0 Å². The SMILES string of the molecule is CC1(C)CC(=O)c2cc(-c3ccccc3)ccc21. The zero-order valence-electron chi connectivity index (χ0n) is 10.7. The minimum atomic E-state index is -0.0123. The Hall–Kier alpha value is -1.89. The quantitative estimate of drug-likeness (QED) is 0.724. The molecule has 3 rings (SSSR count). The predicted octanol–water partition coefficient (Wildman–Crippen LogP) is 4.22. The van der Waals surface area contributed by atoms with Crippen LogP contribution in [0.15, 0.2) is 48.5 Å². The van der Waals surface area contributed by atoms with E-state index in [1.807, 2.05) is 24.3 Å². The van der Waals surface area contributed by atoms with Crippen molar-refractivity contribution in [1.29, 1.82) is 0 Å². The fraction of sp³-hybridized carbons (Fsp3) is 0.235. The molecule has 0 bridgehead atoms. The zero-order chi connectivity index (χ0) is 12.8. The summed E-state index contributed by atoms with van der Waals surface area (Å²) >= 11 is 0. The second kappa shape index (κ2) is 3.81. The van der Waals surface area contributed by atoms with E-state index in [0.29, 0.717) is 6.42 Å². The van der Waals surface area contributed by atoms with Gasteiger partial charge >= 0.3 is 0 Å². The van der Waals surface area contributed by atoms with E-state index in [9.17, 15) is 4.79 Å². The molecule has 0 spiro atoms. The third-order valence-corrected chi connectivity index (χ3v) is 3.76. The van der Waals surface area contributed by atoms with Crippen LogP contribution < -0.4 is 0 Å². The average Bonchev–Trinajstić information content (AvgIpc) is 2.61.